The molecule has 4 rings (SSSR count). The number of hydrogen-bond donors (Lipinski definition) is 2. The van der Waals surface area contributed by atoms with Crippen molar-refractivity contribution in [1.82, 2.24) is 5.32 Å². The fourth-order valence-corrected chi connectivity index (χ4v) is 4.88. The van der Waals surface area contributed by atoms with Crippen LogP contribution in [0.5, 0.6) is 0 Å². The molecule has 0 aliphatic rings. The van der Waals surface area contributed by atoms with E-state index in [0.717, 1.165) is 27.5 Å². The third kappa shape index (κ3) is 5.17. The summed E-state index contributed by atoms with van der Waals surface area (Å²) < 4.78 is 11.0. The molecule has 2 aromatic heterocycles. The average Bonchev–Trinajstić information content (AvgIpc) is 3.17. The summed E-state index contributed by atoms with van der Waals surface area (Å²) in [5.41, 5.74) is 3.79. The summed E-state index contributed by atoms with van der Waals surface area (Å²) in [6, 6.07) is 12.3. The van der Waals surface area contributed by atoms with Crippen LogP contribution < -0.4 is 10.9 Å². The quantitative estimate of drug-likeness (QED) is 0.338. The topological polar surface area (TPSA) is 110 Å². The molecule has 4 aromatic rings. The molecule has 8 heteroatoms. The van der Waals surface area contributed by atoms with Crippen molar-refractivity contribution in [2.75, 3.05) is 5.75 Å². The lowest BCUT2D eigenvalue weighted by Gasteiger charge is -2.14. The van der Waals surface area contributed by atoms with Crippen LogP contribution in [0.25, 0.3) is 21.9 Å². The first-order valence-electron chi connectivity index (χ1n) is 10.9. The maximum Gasteiger partial charge on any atom is 0.339 e. The lowest BCUT2D eigenvalue weighted by molar-refractivity contribution is -0.141. The molecule has 176 valence electrons. The number of thioether (sulfide) groups is 1. The number of benzene rings is 2. The molecule has 1 atom stereocenters. The van der Waals surface area contributed by atoms with E-state index >= 15 is 0 Å². The zero-order valence-corrected chi connectivity index (χ0v) is 19.7. The Balaban J connectivity index is 1.42. The van der Waals surface area contributed by atoms with Gasteiger partial charge in [-0.05, 0) is 43.0 Å². The summed E-state index contributed by atoms with van der Waals surface area (Å²) in [6.07, 6.45) is 1.79. The highest BCUT2D eigenvalue weighted by atomic mass is 32.2. The zero-order valence-electron chi connectivity index (χ0n) is 18.9. The first-order valence-corrected chi connectivity index (χ1v) is 12.1. The molecule has 0 saturated heterocycles. The molecule has 0 aliphatic carbocycles. The highest BCUT2D eigenvalue weighted by Crippen LogP contribution is 2.29. The van der Waals surface area contributed by atoms with Crippen molar-refractivity contribution in [3.05, 3.63) is 81.4 Å². The number of fused-ring (bicyclic) bond motifs is 2. The van der Waals surface area contributed by atoms with Crippen molar-refractivity contribution in [3.63, 3.8) is 0 Å². The van der Waals surface area contributed by atoms with Crippen LogP contribution >= 0.6 is 11.8 Å². The second-order valence-corrected chi connectivity index (χ2v) is 9.25. The van der Waals surface area contributed by atoms with Gasteiger partial charge in [0.1, 0.15) is 17.2 Å². The lowest BCUT2D eigenvalue weighted by atomic mass is 10.0. The van der Waals surface area contributed by atoms with Gasteiger partial charge in [-0.15, -0.1) is 0 Å². The standard InChI is InChI=1S/C26H25NO6S/c1-15-12-32-22-11-23-20(10-19(15)22)16(2)18(26(31)33-23)8-9-24(28)27-21(25(29)30)14-34-13-17-6-4-3-5-7-17/h3-7,10-12,21H,8-9,13-14H2,1-2H3,(H,27,28)(H,29,30)/t21-/m0/s1. The molecule has 0 radical (unpaired) electrons. The summed E-state index contributed by atoms with van der Waals surface area (Å²) in [4.78, 5) is 36.7. The van der Waals surface area contributed by atoms with E-state index in [2.05, 4.69) is 5.32 Å². The highest BCUT2D eigenvalue weighted by molar-refractivity contribution is 7.98. The zero-order chi connectivity index (χ0) is 24.2. The van der Waals surface area contributed by atoms with Gasteiger partial charge in [0.05, 0.1) is 6.26 Å². The molecule has 2 N–H and O–H groups in total. The average molecular weight is 480 g/mol. The van der Waals surface area contributed by atoms with Crippen molar-refractivity contribution in [3.8, 4) is 0 Å². The number of carbonyl (C=O) groups is 2. The summed E-state index contributed by atoms with van der Waals surface area (Å²) in [7, 11) is 0. The predicted molar refractivity (Wildman–Crippen MR) is 132 cm³/mol. The van der Waals surface area contributed by atoms with Gasteiger partial charge < -0.3 is 19.3 Å². The SMILES string of the molecule is Cc1coc2cc3oc(=O)c(CCC(=O)N[C@@H](CSCc4ccccc4)C(=O)O)c(C)c3cc12. The van der Waals surface area contributed by atoms with Gasteiger partial charge in [-0.2, -0.15) is 11.8 Å². The Morgan fingerprint density at radius 3 is 2.59 bits per heavy atom. The molecule has 2 heterocycles. The molecule has 0 spiro atoms. The van der Waals surface area contributed by atoms with Gasteiger partial charge in [0, 0.05) is 40.3 Å². The fraction of sp³-hybridized carbons (Fsp3) is 0.269. The Morgan fingerprint density at radius 2 is 1.85 bits per heavy atom. The molecule has 34 heavy (non-hydrogen) atoms. The Hall–Kier alpha value is -3.52. The first kappa shape index (κ1) is 23.6. The van der Waals surface area contributed by atoms with Crippen LogP contribution in [0.3, 0.4) is 0 Å². The molecule has 0 aliphatic heterocycles. The second-order valence-electron chi connectivity index (χ2n) is 8.22. The van der Waals surface area contributed by atoms with Gasteiger partial charge in [-0.3, -0.25) is 4.79 Å². The van der Waals surface area contributed by atoms with Crippen LogP contribution in [0.2, 0.25) is 0 Å². The smallest absolute Gasteiger partial charge is 0.339 e. The second kappa shape index (κ2) is 10.2. The van der Waals surface area contributed by atoms with E-state index in [4.69, 9.17) is 8.83 Å². The Kier molecular flexibility index (Phi) is 7.07. The molecule has 0 fully saturated rings. The highest BCUT2D eigenvalue weighted by Gasteiger charge is 2.21. The summed E-state index contributed by atoms with van der Waals surface area (Å²) >= 11 is 1.44. The van der Waals surface area contributed by atoms with Gasteiger partial charge >= 0.3 is 11.6 Å². The van der Waals surface area contributed by atoms with E-state index in [0.29, 0.717) is 22.5 Å². The Bertz CT molecular complexity index is 1410. The van der Waals surface area contributed by atoms with E-state index in [1.807, 2.05) is 50.2 Å². The van der Waals surface area contributed by atoms with Crippen LogP contribution in [-0.2, 0) is 21.8 Å². The number of rotatable bonds is 9. The molecular formula is C26H25NO6S. The van der Waals surface area contributed by atoms with Gasteiger partial charge in [0.15, 0.2) is 0 Å². The van der Waals surface area contributed by atoms with Crippen molar-refractivity contribution < 1.29 is 23.5 Å². The number of carboxylic acid groups (broad SMARTS) is 1. The van der Waals surface area contributed by atoms with Crippen LogP contribution in [0.15, 0.2) is 62.4 Å². The van der Waals surface area contributed by atoms with Crippen molar-refractivity contribution in [1.29, 1.82) is 0 Å². The van der Waals surface area contributed by atoms with Gasteiger partial charge in [0.25, 0.3) is 0 Å². The fourth-order valence-electron chi connectivity index (χ4n) is 3.87. The first-order chi connectivity index (χ1) is 16.3. The molecule has 0 saturated carbocycles. The molecule has 0 bridgehead atoms. The van der Waals surface area contributed by atoms with Gasteiger partial charge in [-0.25, -0.2) is 9.59 Å². The van der Waals surface area contributed by atoms with Crippen molar-refractivity contribution in [2.45, 2.75) is 38.5 Å². The number of aliphatic carboxylic acids is 1. The lowest BCUT2D eigenvalue weighted by Crippen LogP contribution is -2.42. The Labute approximate surface area is 200 Å². The molecule has 7 nitrogen and oxygen atoms in total. The maximum absolute atomic E-state index is 12.6. The molecular weight excluding hydrogens is 454 g/mol. The van der Waals surface area contributed by atoms with E-state index in [1.165, 1.54) is 11.8 Å². The third-order valence-electron chi connectivity index (χ3n) is 5.81. The number of aryl methyl sites for hydroxylation is 2. The van der Waals surface area contributed by atoms with E-state index in [-0.39, 0.29) is 18.6 Å². The maximum atomic E-state index is 12.6. The number of carboxylic acids is 1. The minimum absolute atomic E-state index is 0.0166. The van der Waals surface area contributed by atoms with Crippen LogP contribution in [0.1, 0.15) is 28.7 Å². The number of hydrogen-bond acceptors (Lipinski definition) is 6. The predicted octanol–water partition coefficient (Wildman–Crippen LogP) is 4.59. The third-order valence-corrected chi connectivity index (χ3v) is 6.91. The van der Waals surface area contributed by atoms with Crippen LogP contribution in [0, 0.1) is 13.8 Å². The summed E-state index contributed by atoms with van der Waals surface area (Å²) in [5.74, 6) is -0.614. The van der Waals surface area contributed by atoms with Crippen molar-refractivity contribution in [2.24, 2.45) is 0 Å². The summed E-state index contributed by atoms with van der Waals surface area (Å²) in [6.45, 7) is 3.77. The minimum Gasteiger partial charge on any atom is -0.480 e. The summed E-state index contributed by atoms with van der Waals surface area (Å²) in [5, 5.41) is 13.8. The van der Waals surface area contributed by atoms with Crippen LogP contribution in [-0.4, -0.2) is 28.8 Å². The number of amides is 1. The number of carbonyl (C=O) groups excluding carboxylic acids is 1. The monoisotopic (exact) mass is 479 g/mol. The van der Waals surface area contributed by atoms with Gasteiger partial charge in [-0.1, -0.05) is 30.3 Å². The normalized spacial score (nSPS) is 12.2. The number of furan rings is 1. The van der Waals surface area contributed by atoms with E-state index < -0.39 is 23.5 Å². The van der Waals surface area contributed by atoms with Gasteiger partial charge in [0.2, 0.25) is 5.91 Å². The molecule has 0 unspecified atom stereocenters. The minimum atomic E-state index is -1.09. The Morgan fingerprint density at radius 1 is 1.09 bits per heavy atom. The van der Waals surface area contributed by atoms with E-state index in [1.54, 1.807) is 12.3 Å². The molecule has 1 amide bonds. The van der Waals surface area contributed by atoms with Crippen LogP contribution in [0.4, 0.5) is 0 Å². The largest absolute Gasteiger partial charge is 0.480 e. The molecule has 2 aromatic carbocycles. The number of nitrogens with one attached hydrogen (secondary N) is 1. The van der Waals surface area contributed by atoms with Crippen molar-refractivity contribution >= 4 is 45.6 Å². The van der Waals surface area contributed by atoms with E-state index in [9.17, 15) is 19.5 Å².